The van der Waals surface area contributed by atoms with Crippen molar-refractivity contribution in [2.75, 3.05) is 18.5 Å². The highest BCUT2D eigenvalue weighted by Gasteiger charge is 2.12. The smallest absolute Gasteiger partial charge is 0.344 e. The molecule has 0 saturated heterocycles. The summed E-state index contributed by atoms with van der Waals surface area (Å²) in [4.78, 5) is 24.5. The molecule has 1 N–H and O–H groups in total. The van der Waals surface area contributed by atoms with Crippen molar-refractivity contribution in [1.29, 1.82) is 5.26 Å². The molecule has 0 unspecified atom stereocenters. The number of hydrogen-bond donors (Lipinski definition) is 1. The number of halogens is 1. The minimum atomic E-state index is -0.658. The van der Waals surface area contributed by atoms with Crippen LogP contribution in [0.25, 0.3) is 0 Å². The summed E-state index contributed by atoms with van der Waals surface area (Å²) in [5, 5.41) is 14.0. The van der Waals surface area contributed by atoms with Gasteiger partial charge in [-0.1, -0.05) is 11.6 Å². The highest BCUT2D eigenvalue weighted by atomic mass is 35.5. The predicted octanol–water partition coefficient (Wildman–Crippen LogP) is 4.09. The Kier molecular flexibility index (Phi) is 7.53. The first kappa shape index (κ1) is 20.6. The van der Waals surface area contributed by atoms with Gasteiger partial charge < -0.3 is 14.8 Å². The molecular weight excluding hydrogens is 388 g/mol. The van der Waals surface area contributed by atoms with Crippen LogP contribution >= 0.6 is 23.4 Å². The highest BCUT2D eigenvalue weighted by molar-refractivity contribution is 8.03. The first-order valence-electron chi connectivity index (χ1n) is 7.90. The zero-order valence-corrected chi connectivity index (χ0v) is 16.3. The topological polar surface area (TPSA) is 88.4 Å². The standard InChI is InChI=1S/C19H17ClN2O4S/c1-12-7-16(27-11-21)8-13(2)19(12)22-17(23)9-26-18(24)10-25-15-5-3-14(20)4-6-15/h3-8H,9-10H2,1-2H3,(H,22,23). The van der Waals surface area contributed by atoms with Gasteiger partial charge in [-0.3, -0.25) is 4.79 Å². The first-order chi connectivity index (χ1) is 12.9. The Morgan fingerprint density at radius 1 is 1.15 bits per heavy atom. The summed E-state index contributed by atoms with van der Waals surface area (Å²) in [5.41, 5.74) is 2.27. The van der Waals surface area contributed by atoms with Gasteiger partial charge in [-0.05, 0) is 73.1 Å². The number of thioether (sulfide) groups is 1. The zero-order valence-electron chi connectivity index (χ0n) is 14.7. The number of ether oxygens (including phenoxy) is 2. The summed E-state index contributed by atoms with van der Waals surface area (Å²) in [6.07, 6.45) is 0. The lowest BCUT2D eigenvalue weighted by Gasteiger charge is -2.13. The van der Waals surface area contributed by atoms with Crippen molar-refractivity contribution in [3.8, 4) is 11.2 Å². The summed E-state index contributed by atoms with van der Waals surface area (Å²) in [7, 11) is 0. The van der Waals surface area contributed by atoms with E-state index in [-0.39, 0.29) is 6.61 Å². The number of aryl methyl sites for hydroxylation is 2. The van der Waals surface area contributed by atoms with Crippen LogP contribution in [0.3, 0.4) is 0 Å². The highest BCUT2D eigenvalue weighted by Crippen LogP contribution is 2.27. The maximum atomic E-state index is 12.0. The van der Waals surface area contributed by atoms with Gasteiger partial charge in [0, 0.05) is 15.6 Å². The normalized spacial score (nSPS) is 10.0. The summed E-state index contributed by atoms with van der Waals surface area (Å²) in [6.45, 7) is 2.93. The predicted molar refractivity (Wildman–Crippen MR) is 104 cm³/mol. The summed E-state index contributed by atoms with van der Waals surface area (Å²) >= 11 is 6.82. The van der Waals surface area contributed by atoms with Crippen LogP contribution in [0, 0.1) is 24.5 Å². The lowest BCUT2D eigenvalue weighted by Crippen LogP contribution is -2.24. The molecular formula is C19H17ClN2O4S. The second-order valence-corrected chi connectivity index (χ2v) is 6.87. The van der Waals surface area contributed by atoms with Crippen molar-refractivity contribution in [3.63, 3.8) is 0 Å². The number of carbonyl (C=O) groups is 2. The van der Waals surface area contributed by atoms with E-state index in [1.807, 2.05) is 31.4 Å². The van der Waals surface area contributed by atoms with E-state index in [1.165, 1.54) is 0 Å². The fourth-order valence-corrected chi connectivity index (χ4v) is 2.97. The van der Waals surface area contributed by atoms with Gasteiger partial charge in [-0.2, -0.15) is 5.26 Å². The zero-order chi connectivity index (χ0) is 19.8. The fourth-order valence-electron chi connectivity index (χ4n) is 2.27. The number of esters is 1. The van der Waals surface area contributed by atoms with E-state index < -0.39 is 18.5 Å². The van der Waals surface area contributed by atoms with Gasteiger partial charge in [-0.15, -0.1) is 0 Å². The van der Waals surface area contributed by atoms with Crippen LogP contribution in [0.4, 0.5) is 5.69 Å². The molecule has 0 heterocycles. The maximum absolute atomic E-state index is 12.0. The number of rotatable bonds is 7. The number of benzene rings is 2. The fraction of sp³-hybridized carbons (Fsp3) is 0.211. The van der Waals surface area contributed by atoms with E-state index in [9.17, 15) is 9.59 Å². The molecule has 0 aliphatic carbocycles. The van der Waals surface area contributed by atoms with Crippen molar-refractivity contribution >= 4 is 40.9 Å². The molecule has 0 radical (unpaired) electrons. The second kappa shape index (κ2) is 9.86. The van der Waals surface area contributed by atoms with E-state index in [4.69, 9.17) is 26.3 Å². The second-order valence-electron chi connectivity index (χ2n) is 5.58. The van der Waals surface area contributed by atoms with Gasteiger partial charge in [0.05, 0.1) is 0 Å². The van der Waals surface area contributed by atoms with Crippen molar-refractivity contribution in [1.82, 2.24) is 0 Å². The molecule has 2 aromatic rings. The number of anilines is 1. The van der Waals surface area contributed by atoms with Gasteiger partial charge in [0.2, 0.25) is 0 Å². The number of hydrogen-bond acceptors (Lipinski definition) is 6. The number of nitriles is 1. The number of thiocyanates is 1. The van der Waals surface area contributed by atoms with E-state index >= 15 is 0 Å². The van der Waals surface area contributed by atoms with Crippen LogP contribution < -0.4 is 10.1 Å². The van der Waals surface area contributed by atoms with Crippen LogP contribution in [0.2, 0.25) is 5.02 Å². The van der Waals surface area contributed by atoms with Crippen molar-refractivity contribution < 1.29 is 19.1 Å². The Morgan fingerprint density at radius 2 is 1.78 bits per heavy atom. The lowest BCUT2D eigenvalue weighted by molar-refractivity contribution is -0.149. The average molecular weight is 405 g/mol. The molecule has 0 atom stereocenters. The van der Waals surface area contributed by atoms with Crippen LogP contribution in [0.15, 0.2) is 41.3 Å². The van der Waals surface area contributed by atoms with Crippen molar-refractivity contribution in [2.45, 2.75) is 18.7 Å². The molecule has 0 fully saturated rings. The molecule has 0 aliphatic heterocycles. The quantitative estimate of drug-likeness (QED) is 0.424. The van der Waals surface area contributed by atoms with E-state index in [1.54, 1.807) is 24.3 Å². The van der Waals surface area contributed by atoms with Gasteiger partial charge in [0.25, 0.3) is 5.91 Å². The Labute approximate surface area is 166 Å². The molecule has 0 spiro atoms. The third kappa shape index (κ3) is 6.51. The molecule has 8 heteroatoms. The Hall–Kier alpha value is -2.69. The van der Waals surface area contributed by atoms with Crippen LogP contribution in [-0.4, -0.2) is 25.1 Å². The number of carbonyl (C=O) groups excluding carboxylic acids is 2. The molecule has 1 amide bonds. The van der Waals surface area contributed by atoms with E-state index in [0.717, 1.165) is 27.8 Å². The SMILES string of the molecule is Cc1cc(SC#N)cc(C)c1NC(=O)COC(=O)COc1ccc(Cl)cc1. The van der Waals surface area contributed by atoms with E-state index in [2.05, 4.69) is 5.32 Å². The number of nitrogens with zero attached hydrogens (tertiary/aromatic N) is 1. The molecule has 2 rings (SSSR count). The monoisotopic (exact) mass is 404 g/mol. The van der Waals surface area contributed by atoms with Gasteiger partial charge in [0.1, 0.15) is 11.2 Å². The van der Waals surface area contributed by atoms with Crippen LogP contribution in [0.1, 0.15) is 11.1 Å². The molecule has 0 saturated carbocycles. The van der Waals surface area contributed by atoms with Crippen LogP contribution in [-0.2, 0) is 14.3 Å². The minimum Gasteiger partial charge on any atom is -0.482 e. The van der Waals surface area contributed by atoms with Crippen molar-refractivity contribution in [2.24, 2.45) is 0 Å². The largest absolute Gasteiger partial charge is 0.482 e. The molecule has 0 aromatic heterocycles. The van der Waals surface area contributed by atoms with Gasteiger partial charge >= 0.3 is 5.97 Å². The molecule has 2 aromatic carbocycles. The Bertz CT molecular complexity index is 855. The third-order valence-electron chi connectivity index (χ3n) is 3.47. The minimum absolute atomic E-state index is 0.312. The Balaban J connectivity index is 1.83. The molecule has 0 aliphatic rings. The van der Waals surface area contributed by atoms with Crippen LogP contribution in [0.5, 0.6) is 5.75 Å². The average Bonchev–Trinajstić information content (AvgIpc) is 2.63. The number of amides is 1. The third-order valence-corrected chi connectivity index (χ3v) is 4.28. The summed E-state index contributed by atoms with van der Waals surface area (Å²) in [6, 6.07) is 10.1. The molecule has 0 bridgehead atoms. The maximum Gasteiger partial charge on any atom is 0.344 e. The van der Waals surface area contributed by atoms with E-state index in [0.29, 0.717) is 16.5 Å². The van der Waals surface area contributed by atoms with Gasteiger partial charge in [0.15, 0.2) is 13.2 Å². The summed E-state index contributed by atoms with van der Waals surface area (Å²) in [5.74, 6) is -0.640. The summed E-state index contributed by atoms with van der Waals surface area (Å²) < 4.78 is 10.2. The molecule has 6 nitrogen and oxygen atoms in total. The molecule has 140 valence electrons. The van der Waals surface area contributed by atoms with Gasteiger partial charge in [-0.25, -0.2) is 4.79 Å². The first-order valence-corrected chi connectivity index (χ1v) is 9.09. The van der Waals surface area contributed by atoms with Crippen molar-refractivity contribution in [3.05, 3.63) is 52.5 Å². The molecule has 27 heavy (non-hydrogen) atoms. The number of nitrogens with one attached hydrogen (secondary N) is 1. The lowest BCUT2D eigenvalue weighted by atomic mass is 10.1. The Morgan fingerprint density at radius 3 is 2.37 bits per heavy atom.